The van der Waals surface area contributed by atoms with Gasteiger partial charge < -0.3 is 19.9 Å². The second kappa shape index (κ2) is 6.54. The summed E-state index contributed by atoms with van der Waals surface area (Å²) in [4.78, 5) is 0. The van der Waals surface area contributed by atoms with Crippen LogP contribution in [-0.4, -0.2) is 20.3 Å². The lowest BCUT2D eigenvalue weighted by molar-refractivity contribution is 0.211. The van der Waals surface area contributed by atoms with Crippen molar-refractivity contribution in [3.63, 3.8) is 0 Å². The van der Waals surface area contributed by atoms with Crippen molar-refractivity contribution in [1.82, 2.24) is 0 Å². The van der Waals surface area contributed by atoms with Crippen LogP contribution in [0.15, 0.2) is 48.5 Å². The summed E-state index contributed by atoms with van der Waals surface area (Å²) >= 11 is 0. The number of benzene rings is 2. The molecule has 0 fully saturated rings. The average Bonchev–Trinajstić information content (AvgIpc) is 2.44. The van der Waals surface area contributed by atoms with E-state index in [-0.39, 0.29) is 0 Å². The molecule has 0 amide bonds. The first kappa shape index (κ1) is 13.1. The van der Waals surface area contributed by atoms with Gasteiger partial charge in [0.1, 0.15) is 19.0 Å². The summed E-state index contributed by atoms with van der Waals surface area (Å²) in [7, 11) is 1.62. The number of rotatable bonds is 6. The highest BCUT2D eigenvalue weighted by Crippen LogP contribution is 2.25. The van der Waals surface area contributed by atoms with Gasteiger partial charge in [0, 0.05) is 11.8 Å². The largest absolute Gasteiger partial charge is 0.493 e. The maximum atomic E-state index is 5.66. The molecule has 2 aromatic rings. The fourth-order valence-electron chi connectivity index (χ4n) is 1.65. The molecule has 0 saturated heterocycles. The zero-order chi connectivity index (χ0) is 13.5. The molecule has 0 aliphatic carbocycles. The first-order chi connectivity index (χ1) is 9.29. The van der Waals surface area contributed by atoms with Gasteiger partial charge in [0.2, 0.25) is 0 Å². The van der Waals surface area contributed by atoms with Crippen LogP contribution in [0.2, 0.25) is 0 Å². The molecule has 19 heavy (non-hydrogen) atoms. The summed E-state index contributed by atoms with van der Waals surface area (Å²) in [5, 5.41) is 0. The highest BCUT2D eigenvalue weighted by atomic mass is 16.5. The van der Waals surface area contributed by atoms with Crippen molar-refractivity contribution in [2.24, 2.45) is 0 Å². The van der Waals surface area contributed by atoms with Crippen LogP contribution in [0.1, 0.15) is 0 Å². The molecule has 0 unspecified atom stereocenters. The fraction of sp³-hybridized carbons (Fsp3) is 0.200. The summed E-state index contributed by atoms with van der Waals surface area (Å²) < 4.78 is 16.3. The van der Waals surface area contributed by atoms with E-state index in [0.717, 1.165) is 5.75 Å². The zero-order valence-electron chi connectivity index (χ0n) is 10.8. The molecule has 0 radical (unpaired) electrons. The highest BCUT2D eigenvalue weighted by molar-refractivity contribution is 5.43. The zero-order valence-corrected chi connectivity index (χ0v) is 10.8. The van der Waals surface area contributed by atoms with Gasteiger partial charge >= 0.3 is 0 Å². The van der Waals surface area contributed by atoms with E-state index in [0.29, 0.717) is 30.4 Å². The van der Waals surface area contributed by atoms with Crippen molar-refractivity contribution in [3.05, 3.63) is 48.5 Å². The van der Waals surface area contributed by atoms with Gasteiger partial charge in [-0.1, -0.05) is 18.2 Å². The minimum absolute atomic E-state index is 0.440. The molecular weight excluding hydrogens is 242 g/mol. The van der Waals surface area contributed by atoms with Gasteiger partial charge in [-0.2, -0.15) is 0 Å². The van der Waals surface area contributed by atoms with Crippen LogP contribution >= 0.6 is 0 Å². The smallest absolute Gasteiger partial charge is 0.161 e. The van der Waals surface area contributed by atoms with Crippen molar-refractivity contribution in [2.45, 2.75) is 0 Å². The van der Waals surface area contributed by atoms with E-state index < -0.39 is 0 Å². The average molecular weight is 259 g/mol. The third-order valence-electron chi connectivity index (χ3n) is 2.54. The maximum absolute atomic E-state index is 5.66. The van der Waals surface area contributed by atoms with E-state index in [9.17, 15) is 0 Å². The fourth-order valence-corrected chi connectivity index (χ4v) is 1.65. The van der Waals surface area contributed by atoms with E-state index in [1.165, 1.54) is 0 Å². The number of nitrogen functional groups attached to an aromatic ring is 1. The number of ether oxygens (including phenoxy) is 3. The van der Waals surface area contributed by atoms with Crippen LogP contribution in [0, 0.1) is 0 Å². The Labute approximate surface area is 112 Å². The molecular formula is C15H17NO3. The summed E-state index contributed by atoms with van der Waals surface area (Å²) in [5.41, 5.74) is 6.35. The standard InChI is InChI=1S/C15H17NO3/c1-17-14-7-2-3-8-15(14)19-10-9-18-13-6-4-5-12(16)11-13/h2-8,11H,9-10,16H2,1H3. The first-order valence-corrected chi connectivity index (χ1v) is 6.04. The SMILES string of the molecule is COc1ccccc1OCCOc1cccc(N)c1. The van der Waals surface area contributed by atoms with Gasteiger partial charge in [0.15, 0.2) is 11.5 Å². The Morgan fingerprint density at radius 3 is 2.37 bits per heavy atom. The second-order valence-corrected chi connectivity index (χ2v) is 3.92. The van der Waals surface area contributed by atoms with E-state index >= 15 is 0 Å². The van der Waals surface area contributed by atoms with Gasteiger partial charge in [-0.05, 0) is 24.3 Å². The van der Waals surface area contributed by atoms with Gasteiger partial charge in [0.25, 0.3) is 0 Å². The molecule has 100 valence electrons. The minimum atomic E-state index is 0.440. The van der Waals surface area contributed by atoms with Crippen molar-refractivity contribution in [1.29, 1.82) is 0 Å². The molecule has 0 atom stereocenters. The molecule has 0 heterocycles. The number of hydrogen-bond donors (Lipinski definition) is 1. The van der Waals surface area contributed by atoms with Crippen molar-refractivity contribution < 1.29 is 14.2 Å². The number of methoxy groups -OCH3 is 1. The normalized spacial score (nSPS) is 9.95. The van der Waals surface area contributed by atoms with Gasteiger partial charge in [-0.25, -0.2) is 0 Å². The van der Waals surface area contributed by atoms with Crippen molar-refractivity contribution >= 4 is 5.69 Å². The van der Waals surface area contributed by atoms with Crippen LogP contribution in [0.4, 0.5) is 5.69 Å². The summed E-state index contributed by atoms with van der Waals surface area (Å²) in [6.45, 7) is 0.886. The molecule has 0 bridgehead atoms. The van der Waals surface area contributed by atoms with Gasteiger partial charge in [0.05, 0.1) is 7.11 Å². The van der Waals surface area contributed by atoms with Gasteiger partial charge in [-0.15, -0.1) is 0 Å². The Morgan fingerprint density at radius 1 is 0.895 bits per heavy atom. The van der Waals surface area contributed by atoms with E-state index in [4.69, 9.17) is 19.9 Å². The van der Waals surface area contributed by atoms with Crippen molar-refractivity contribution in [3.8, 4) is 17.2 Å². The lowest BCUT2D eigenvalue weighted by Crippen LogP contribution is -2.09. The van der Waals surface area contributed by atoms with Crippen LogP contribution in [0.25, 0.3) is 0 Å². The molecule has 4 nitrogen and oxygen atoms in total. The Morgan fingerprint density at radius 2 is 1.63 bits per heavy atom. The minimum Gasteiger partial charge on any atom is -0.493 e. The van der Waals surface area contributed by atoms with E-state index in [2.05, 4.69) is 0 Å². The van der Waals surface area contributed by atoms with Crippen molar-refractivity contribution in [2.75, 3.05) is 26.1 Å². The summed E-state index contributed by atoms with van der Waals surface area (Å²) in [6, 6.07) is 14.8. The molecule has 0 spiro atoms. The maximum Gasteiger partial charge on any atom is 0.161 e. The Balaban J connectivity index is 1.81. The molecule has 0 aliphatic heterocycles. The third kappa shape index (κ3) is 3.81. The van der Waals surface area contributed by atoms with E-state index in [1.807, 2.05) is 42.5 Å². The Bertz CT molecular complexity index is 528. The molecule has 4 heteroatoms. The molecule has 0 saturated carbocycles. The lowest BCUT2D eigenvalue weighted by Gasteiger charge is -2.11. The third-order valence-corrected chi connectivity index (χ3v) is 2.54. The molecule has 2 N–H and O–H groups in total. The second-order valence-electron chi connectivity index (χ2n) is 3.92. The lowest BCUT2D eigenvalue weighted by atomic mass is 10.3. The predicted molar refractivity (Wildman–Crippen MR) is 74.8 cm³/mol. The number of hydrogen-bond acceptors (Lipinski definition) is 4. The predicted octanol–water partition coefficient (Wildman–Crippen LogP) is 2.74. The quantitative estimate of drug-likeness (QED) is 0.640. The summed E-state index contributed by atoms with van der Waals surface area (Å²) in [5.74, 6) is 2.16. The monoisotopic (exact) mass is 259 g/mol. The van der Waals surface area contributed by atoms with Crippen LogP contribution in [0.5, 0.6) is 17.2 Å². The van der Waals surface area contributed by atoms with Crippen LogP contribution < -0.4 is 19.9 Å². The molecule has 0 aromatic heterocycles. The van der Waals surface area contributed by atoms with E-state index in [1.54, 1.807) is 13.2 Å². The summed E-state index contributed by atoms with van der Waals surface area (Å²) in [6.07, 6.45) is 0. The van der Waals surface area contributed by atoms with Crippen LogP contribution in [0.3, 0.4) is 0 Å². The topological polar surface area (TPSA) is 53.7 Å². The number of anilines is 1. The molecule has 2 rings (SSSR count). The first-order valence-electron chi connectivity index (χ1n) is 6.04. The number of para-hydroxylation sites is 2. The highest BCUT2D eigenvalue weighted by Gasteiger charge is 2.02. The van der Waals surface area contributed by atoms with Gasteiger partial charge in [-0.3, -0.25) is 0 Å². The Hall–Kier alpha value is -2.36. The Kier molecular flexibility index (Phi) is 4.50. The van der Waals surface area contributed by atoms with Crippen LogP contribution in [-0.2, 0) is 0 Å². The molecule has 2 aromatic carbocycles. The number of nitrogens with two attached hydrogens (primary N) is 1. The molecule has 0 aliphatic rings.